The summed E-state index contributed by atoms with van der Waals surface area (Å²) in [5.41, 5.74) is 1.62. The minimum absolute atomic E-state index is 0.0205. The fourth-order valence-electron chi connectivity index (χ4n) is 2.35. The number of halogens is 2. The van der Waals surface area contributed by atoms with E-state index in [4.69, 9.17) is 0 Å². The van der Waals surface area contributed by atoms with Gasteiger partial charge in [-0.05, 0) is 50.2 Å². The first-order valence-electron chi connectivity index (χ1n) is 7.87. The number of aromatic nitrogens is 2. The SMILES string of the molecule is CC(=O)c1ccc(Nc2cc(C)nc(Nc3c(F)cccc3F)n2)cc1. The number of benzene rings is 2. The van der Waals surface area contributed by atoms with Gasteiger partial charge < -0.3 is 10.6 Å². The van der Waals surface area contributed by atoms with Crippen molar-refractivity contribution in [2.45, 2.75) is 13.8 Å². The zero-order chi connectivity index (χ0) is 18.7. The second-order valence-electron chi connectivity index (χ2n) is 5.70. The number of hydrogen-bond donors (Lipinski definition) is 2. The molecule has 0 saturated carbocycles. The molecule has 0 aliphatic carbocycles. The van der Waals surface area contributed by atoms with Gasteiger partial charge in [-0.2, -0.15) is 4.98 Å². The summed E-state index contributed by atoms with van der Waals surface area (Å²) >= 11 is 0. The van der Waals surface area contributed by atoms with Crippen molar-refractivity contribution < 1.29 is 13.6 Å². The van der Waals surface area contributed by atoms with Gasteiger partial charge in [0.05, 0.1) is 0 Å². The van der Waals surface area contributed by atoms with Crippen LogP contribution >= 0.6 is 0 Å². The quantitative estimate of drug-likeness (QED) is 0.647. The minimum atomic E-state index is -0.732. The number of ketones is 1. The molecule has 5 nitrogen and oxygen atoms in total. The summed E-state index contributed by atoms with van der Waals surface area (Å²) < 4.78 is 27.6. The smallest absolute Gasteiger partial charge is 0.229 e. The summed E-state index contributed by atoms with van der Waals surface area (Å²) in [6.45, 7) is 3.24. The van der Waals surface area contributed by atoms with Gasteiger partial charge in [0, 0.05) is 23.0 Å². The summed E-state index contributed by atoms with van der Waals surface area (Å²) in [5.74, 6) is -0.967. The van der Waals surface area contributed by atoms with Gasteiger partial charge in [0.1, 0.15) is 23.1 Å². The Hall–Kier alpha value is -3.35. The number of Topliss-reactive ketones (excluding diaryl/α,β-unsaturated/α-hetero) is 1. The highest BCUT2D eigenvalue weighted by Gasteiger charge is 2.11. The Morgan fingerprint density at radius 2 is 1.62 bits per heavy atom. The zero-order valence-corrected chi connectivity index (χ0v) is 14.2. The summed E-state index contributed by atoms with van der Waals surface area (Å²) in [6.07, 6.45) is 0. The molecule has 132 valence electrons. The number of nitrogens with zero attached hydrogens (tertiary/aromatic N) is 2. The van der Waals surface area contributed by atoms with Gasteiger partial charge in [-0.3, -0.25) is 4.79 Å². The fraction of sp³-hybridized carbons (Fsp3) is 0.105. The second-order valence-corrected chi connectivity index (χ2v) is 5.70. The van der Waals surface area contributed by atoms with Crippen LogP contribution in [0.15, 0.2) is 48.5 Å². The average molecular weight is 354 g/mol. The molecule has 0 bridgehead atoms. The molecule has 2 aromatic carbocycles. The van der Waals surface area contributed by atoms with Crippen LogP contribution in [-0.4, -0.2) is 15.8 Å². The third-order valence-corrected chi connectivity index (χ3v) is 3.62. The minimum Gasteiger partial charge on any atom is -0.340 e. The van der Waals surface area contributed by atoms with Crippen molar-refractivity contribution in [2.75, 3.05) is 10.6 Å². The Morgan fingerprint density at radius 1 is 0.962 bits per heavy atom. The predicted octanol–water partition coefficient (Wildman–Crippen LogP) is 4.75. The topological polar surface area (TPSA) is 66.9 Å². The summed E-state index contributed by atoms with van der Waals surface area (Å²) in [7, 11) is 0. The maximum absolute atomic E-state index is 13.8. The number of aryl methyl sites for hydroxylation is 1. The van der Waals surface area contributed by atoms with Crippen LogP contribution in [-0.2, 0) is 0 Å². The van der Waals surface area contributed by atoms with E-state index in [9.17, 15) is 13.6 Å². The molecule has 0 fully saturated rings. The van der Waals surface area contributed by atoms with Crippen LogP contribution in [0.1, 0.15) is 23.0 Å². The number of rotatable bonds is 5. The van der Waals surface area contributed by atoms with Crippen molar-refractivity contribution in [3.8, 4) is 0 Å². The Bertz CT molecular complexity index is 938. The first kappa shape index (κ1) is 17.5. The molecule has 1 aromatic heterocycles. The van der Waals surface area contributed by atoms with Gasteiger partial charge >= 0.3 is 0 Å². The highest BCUT2D eigenvalue weighted by Crippen LogP contribution is 2.23. The third-order valence-electron chi connectivity index (χ3n) is 3.62. The molecule has 0 spiro atoms. The van der Waals surface area contributed by atoms with Crippen molar-refractivity contribution in [3.05, 3.63) is 71.4 Å². The maximum atomic E-state index is 13.8. The van der Waals surface area contributed by atoms with Crippen LogP contribution in [0.2, 0.25) is 0 Å². The lowest BCUT2D eigenvalue weighted by molar-refractivity contribution is 0.101. The van der Waals surface area contributed by atoms with E-state index in [2.05, 4.69) is 20.6 Å². The summed E-state index contributed by atoms with van der Waals surface area (Å²) in [5, 5.41) is 5.65. The van der Waals surface area contributed by atoms with Crippen molar-refractivity contribution >= 4 is 28.9 Å². The van der Waals surface area contributed by atoms with E-state index in [0.29, 0.717) is 17.1 Å². The lowest BCUT2D eigenvalue weighted by Gasteiger charge is -2.11. The second kappa shape index (κ2) is 7.26. The number of carbonyl (C=O) groups is 1. The molecule has 0 aliphatic heterocycles. The lowest BCUT2D eigenvalue weighted by Crippen LogP contribution is -2.05. The molecule has 0 atom stereocenters. The molecule has 1 heterocycles. The Morgan fingerprint density at radius 3 is 2.23 bits per heavy atom. The molecule has 0 aliphatic rings. The monoisotopic (exact) mass is 354 g/mol. The Balaban J connectivity index is 1.84. The van der Waals surface area contributed by atoms with Crippen LogP contribution in [0, 0.1) is 18.6 Å². The summed E-state index contributed by atoms with van der Waals surface area (Å²) in [4.78, 5) is 19.7. The molecular weight excluding hydrogens is 338 g/mol. The average Bonchev–Trinajstić information content (AvgIpc) is 2.58. The molecule has 0 radical (unpaired) electrons. The number of carbonyl (C=O) groups excluding carboxylic acids is 1. The number of nitrogens with one attached hydrogen (secondary N) is 2. The molecule has 3 rings (SSSR count). The highest BCUT2D eigenvalue weighted by molar-refractivity contribution is 5.94. The van der Waals surface area contributed by atoms with Crippen LogP contribution in [0.4, 0.5) is 31.9 Å². The number of hydrogen-bond acceptors (Lipinski definition) is 5. The van der Waals surface area contributed by atoms with Crippen LogP contribution in [0.3, 0.4) is 0 Å². The van der Waals surface area contributed by atoms with E-state index in [1.54, 1.807) is 37.3 Å². The van der Waals surface area contributed by atoms with E-state index < -0.39 is 11.6 Å². The van der Waals surface area contributed by atoms with Gasteiger partial charge in [-0.25, -0.2) is 13.8 Å². The molecule has 2 N–H and O–H groups in total. The number of para-hydroxylation sites is 1. The zero-order valence-electron chi connectivity index (χ0n) is 14.2. The van der Waals surface area contributed by atoms with E-state index in [1.807, 2.05) is 0 Å². The molecular formula is C19H16F2N4O. The first-order valence-corrected chi connectivity index (χ1v) is 7.87. The van der Waals surface area contributed by atoms with Crippen molar-refractivity contribution in [1.82, 2.24) is 9.97 Å². The molecule has 26 heavy (non-hydrogen) atoms. The van der Waals surface area contributed by atoms with Crippen molar-refractivity contribution in [3.63, 3.8) is 0 Å². The van der Waals surface area contributed by atoms with Crippen molar-refractivity contribution in [1.29, 1.82) is 0 Å². The van der Waals surface area contributed by atoms with E-state index >= 15 is 0 Å². The van der Waals surface area contributed by atoms with Gasteiger partial charge in [0.15, 0.2) is 5.78 Å². The van der Waals surface area contributed by atoms with Crippen LogP contribution < -0.4 is 10.6 Å². The largest absolute Gasteiger partial charge is 0.340 e. The fourth-order valence-corrected chi connectivity index (χ4v) is 2.35. The van der Waals surface area contributed by atoms with E-state index in [0.717, 1.165) is 17.8 Å². The van der Waals surface area contributed by atoms with Gasteiger partial charge in [0.2, 0.25) is 5.95 Å². The third kappa shape index (κ3) is 4.00. The Labute approximate surface area is 149 Å². The first-order chi connectivity index (χ1) is 12.4. The Kier molecular flexibility index (Phi) is 4.88. The highest BCUT2D eigenvalue weighted by atomic mass is 19.1. The maximum Gasteiger partial charge on any atom is 0.229 e. The molecule has 0 unspecified atom stereocenters. The van der Waals surface area contributed by atoms with Crippen LogP contribution in [0.25, 0.3) is 0 Å². The molecule has 0 amide bonds. The molecule has 0 saturated heterocycles. The molecule has 3 aromatic rings. The summed E-state index contributed by atoms with van der Waals surface area (Å²) in [6, 6.07) is 12.2. The number of anilines is 4. The van der Waals surface area contributed by atoms with Gasteiger partial charge in [0.25, 0.3) is 0 Å². The van der Waals surface area contributed by atoms with Gasteiger partial charge in [-0.1, -0.05) is 6.07 Å². The normalized spacial score (nSPS) is 10.5. The van der Waals surface area contributed by atoms with E-state index in [1.165, 1.54) is 13.0 Å². The van der Waals surface area contributed by atoms with Crippen LogP contribution in [0.5, 0.6) is 0 Å². The van der Waals surface area contributed by atoms with Gasteiger partial charge in [-0.15, -0.1) is 0 Å². The lowest BCUT2D eigenvalue weighted by atomic mass is 10.1. The standard InChI is InChI=1S/C19H16F2N4O/c1-11-10-17(23-14-8-6-13(7-9-14)12(2)26)24-19(22-11)25-18-15(20)4-3-5-16(18)21/h3-10H,1-2H3,(H2,22,23,24,25). The molecule has 7 heteroatoms. The predicted molar refractivity (Wildman–Crippen MR) is 96.1 cm³/mol. The van der Waals surface area contributed by atoms with E-state index in [-0.39, 0.29) is 17.4 Å². The van der Waals surface area contributed by atoms with Crippen molar-refractivity contribution in [2.24, 2.45) is 0 Å².